The van der Waals surface area contributed by atoms with Gasteiger partial charge in [0.05, 0.1) is 18.8 Å². The van der Waals surface area contributed by atoms with E-state index < -0.39 is 6.09 Å². The van der Waals surface area contributed by atoms with Crippen LogP contribution in [0.1, 0.15) is 18.1 Å². The second kappa shape index (κ2) is 6.21. The molecule has 0 aliphatic carbocycles. The monoisotopic (exact) mass is 341 g/mol. The van der Waals surface area contributed by atoms with E-state index in [1.807, 2.05) is 24.4 Å². The van der Waals surface area contributed by atoms with Gasteiger partial charge in [-0.2, -0.15) is 5.10 Å². The van der Waals surface area contributed by atoms with Crippen LogP contribution in [-0.2, 0) is 22.6 Å². The van der Waals surface area contributed by atoms with Gasteiger partial charge in [-0.25, -0.2) is 4.79 Å². The zero-order chi connectivity index (χ0) is 17.4. The van der Waals surface area contributed by atoms with E-state index in [2.05, 4.69) is 20.8 Å². The van der Waals surface area contributed by atoms with Crippen molar-refractivity contribution in [2.45, 2.75) is 26.1 Å². The van der Waals surface area contributed by atoms with Crippen LogP contribution in [0.3, 0.4) is 0 Å². The SMILES string of the molecule is CC(=O)NCC1CN(c2ccc3c(c2)CNCc2c[nH]nc2-3)C(=O)O1. The molecule has 0 bridgehead atoms. The Morgan fingerprint density at radius 3 is 3.08 bits per heavy atom. The third-order valence-corrected chi connectivity index (χ3v) is 4.46. The van der Waals surface area contributed by atoms with Crippen LogP contribution in [0.15, 0.2) is 24.4 Å². The molecule has 1 atom stereocenters. The molecule has 130 valence electrons. The highest BCUT2D eigenvalue weighted by Gasteiger charge is 2.32. The van der Waals surface area contributed by atoms with Crippen LogP contribution in [0.5, 0.6) is 0 Å². The lowest BCUT2D eigenvalue weighted by atomic mass is 10.0. The van der Waals surface area contributed by atoms with Crippen molar-refractivity contribution in [2.24, 2.45) is 0 Å². The van der Waals surface area contributed by atoms with Gasteiger partial charge in [-0.3, -0.25) is 14.8 Å². The number of anilines is 1. The number of amides is 2. The van der Waals surface area contributed by atoms with Gasteiger partial charge in [-0.05, 0) is 17.7 Å². The fourth-order valence-electron chi connectivity index (χ4n) is 3.24. The number of nitrogens with one attached hydrogen (secondary N) is 3. The molecule has 8 nitrogen and oxygen atoms in total. The number of carbonyl (C=O) groups excluding carboxylic acids is 2. The Morgan fingerprint density at radius 2 is 2.24 bits per heavy atom. The van der Waals surface area contributed by atoms with Gasteiger partial charge in [-0.15, -0.1) is 0 Å². The summed E-state index contributed by atoms with van der Waals surface area (Å²) in [5.41, 5.74) is 5.00. The zero-order valence-corrected chi connectivity index (χ0v) is 13.8. The molecule has 2 amide bonds. The van der Waals surface area contributed by atoms with Crippen LogP contribution in [-0.4, -0.2) is 41.4 Å². The molecule has 1 saturated heterocycles. The highest BCUT2D eigenvalue weighted by atomic mass is 16.6. The quantitative estimate of drug-likeness (QED) is 0.777. The van der Waals surface area contributed by atoms with Crippen molar-refractivity contribution in [3.63, 3.8) is 0 Å². The molecule has 1 fully saturated rings. The second-order valence-electron chi connectivity index (χ2n) is 6.26. The first-order valence-corrected chi connectivity index (χ1v) is 8.21. The van der Waals surface area contributed by atoms with Gasteiger partial charge < -0.3 is 15.4 Å². The molecule has 0 radical (unpaired) electrons. The zero-order valence-electron chi connectivity index (χ0n) is 13.8. The smallest absolute Gasteiger partial charge is 0.414 e. The average molecular weight is 341 g/mol. The number of rotatable bonds is 3. The standard InChI is InChI=1S/C17H19N5O3/c1-10(23)19-8-14-9-22(17(24)25-14)13-2-3-15-11(4-13)5-18-6-12-7-20-21-16(12)15/h2-4,7,14,18H,5-6,8-9H2,1H3,(H,19,23)(H,20,21). The van der Waals surface area contributed by atoms with E-state index in [1.165, 1.54) is 6.92 Å². The molecule has 4 rings (SSSR count). The number of hydrogen-bond donors (Lipinski definition) is 3. The van der Waals surface area contributed by atoms with Crippen LogP contribution in [0.4, 0.5) is 10.5 Å². The maximum absolute atomic E-state index is 12.2. The lowest BCUT2D eigenvalue weighted by molar-refractivity contribution is -0.119. The normalized spacial score (nSPS) is 19.0. The topological polar surface area (TPSA) is 99.4 Å². The number of fused-ring (bicyclic) bond motifs is 3. The third kappa shape index (κ3) is 2.96. The number of aromatic nitrogens is 2. The molecule has 1 aromatic carbocycles. The Balaban J connectivity index is 1.58. The molecule has 0 saturated carbocycles. The van der Waals surface area contributed by atoms with Crippen molar-refractivity contribution in [2.75, 3.05) is 18.0 Å². The average Bonchev–Trinajstić information content (AvgIpc) is 3.15. The molecule has 1 unspecified atom stereocenters. The Hall–Kier alpha value is -2.87. The first-order chi connectivity index (χ1) is 12.1. The maximum atomic E-state index is 12.2. The number of carbonyl (C=O) groups is 2. The lowest BCUT2D eigenvalue weighted by Crippen LogP contribution is -2.33. The second-order valence-corrected chi connectivity index (χ2v) is 6.26. The summed E-state index contributed by atoms with van der Waals surface area (Å²) in [7, 11) is 0. The van der Waals surface area contributed by atoms with Crippen LogP contribution < -0.4 is 15.5 Å². The van der Waals surface area contributed by atoms with Crippen LogP contribution in [0.25, 0.3) is 11.3 Å². The molecule has 2 aliphatic heterocycles. The highest BCUT2D eigenvalue weighted by Crippen LogP contribution is 2.32. The Kier molecular flexibility index (Phi) is 3.89. The molecule has 2 aromatic rings. The number of H-pyrrole nitrogens is 1. The van der Waals surface area contributed by atoms with Crippen LogP contribution in [0.2, 0.25) is 0 Å². The molecular formula is C17H19N5O3. The molecular weight excluding hydrogens is 322 g/mol. The van der Waals surface area contributed by atoms with Crippen molar-refractivity contribution in [3.05, 3.63) is 35.5 Å². The predicted molar refractivity (Wildman–Crippen MR) is 90.9 cm³/mol. The molecule has 25 heavy (non-hydrogen) atoms. The van der Waals surface area contributed by atoms with E-state index in [4.69, 9.17) is 4.74 Å². The van der Waals surface area contributed by atoms with E-state index in [0.717, 1.165) is 34.6 Å². The van der Waals surface area contributed by atoms with E-state index in [0.29, 0.717) is 19.6 Å². The van der Waals surface area contributed by atoms with E-state index >= 15 is 0 Å². The summed E-state index contributed by atoms with van der Waals surface area (Å²) >= 11 is 0. The van der Waals surface area contributed by atoms with Crippen LogP contribution >= 0.6 is 0 Å². The van der Waals surface area contributed by atoms with Gasteiger partial charge in [-0.1, -0.05) is 6.07 Å². The summed E-state index contributed by atoms with van der Waals surface area (Å²) in [5, 5.41) is 13.3. The fourth-order valence-corrected chi connectivity index (χ4v) is 3.24. The van der Waals surface area contributed by atoms with Crippen molar-refractivity contribution < 1.29 is 14.3 Å². The Bertz CT molecular complexity index is 831. The van der Waals surface area contributed by atoms with E-state index in [-0.39, 0.29) is 12.0 Å². The number of hydrogen-bond acceptors (Lipinski definition) is 5. The Labute approximate surface area is 144 Å². The van der Waals surface area contributed by atoms with Gasteiger partial charge in [0.2, 0.25) is 5.91 Å². The van der Waals surface area contributed by atoms with Gasteiger partial charge in [0.1, 0.15) is 6.10 Å². The summed E-state index contributed by atoms with van der Waals surface area (Å²) in [6, 6.07) is 5.89. The molecule has 0 spiro atoms. The van der Waals surface area contributed by atoms with Gasteiger partial charge in [0, 0.05) is 43.0 Å². The minimum atomic E-state index is -0.391. The van der Waals surface area contributed by atoms with Gasteiger partial charge >= 0.3 is 6.09 Å². The van der Waals surface area contributed by atoms with Gasteiger partial charge in [0.15, 0.2) is 0 Å². The number of nitrogens with zero attached hydrogens (tertiary/aromatic N) is 2. The largest absolute Gasteiger partial charge is 0.442 e. The van der Waals surface area contributed by atoms with E-state index in [1.54, 1.807) is 4.90 Å². The highest BCUT2D eigenvalue weighted by molar-refractivity contribution is 5.90. The van der Waals surface area contributed by atoms with Gasteiger partial charge in [0.25, 0.3) is 0 Å². The van der Waals surface area contributed by atoms with Crippen molar-refractivity contribution >= 4 is 17.7 Å². The molecule has 3 heterocycles. The number of ether oxygens (including phenoxy) is 1. The first-order valence-electron chi connectivity index (χ1n) is 8.21. The van der Waals surface area contributed by atoms with Crippen molar-refractivity contribution in [1.29, 1.82) is 0 Å². The summed E-state index contributed by atoms with van der Waals surface area (Å²) in [5.74, 6) is -0.139. The van der Waals surface area contributed by atoms with Crippen LogP contribution in [0, 0.1) is 0 Å². The molecule has 8 heteroatoms. The minimum absolute atomic E-state index is 0.139. The molecule has 2 aliphatic rings. The summed E-state index contributed by atoms with van der Waals surface area (Å²) in [6.45, 7) is 3.63. The fraction of sp³-hybridized carbons (Fsp3) is 0.353. The number of aromatic amines is 1. The molecule has 1 aromatic heterocycles. The Morgan fingerprint density at radius 1 is 1.40 bits per heavy atom. The summed E-state index contributed by atoms with van der Waals surface area (Å²) in [4.78, 5) is 24.8. The first kappa shape index (κ1) is 15.6. The van der Waals surface area contributed by atoms with E-state index in [9.17, 15) is 9.59 Å². The minimum Gasteiger partial charge on any atom is -0.442 e. The lowest BCUT2D eigenvalue weighted by Gasteiger charge is -2.16. The van der Waals surface area contributed by atoms with Crippen molar-refractivity contribution in [3.8, 4) is 11.3 Å². The number of benzene rings is 1. The number of cyclic esters (lactones) is 1. The molecule has 3 N–H and O–H groups in total. The maximum Gasteiger partial charge on any atom is 0.414 e. The third-order valence-electron chi connectivity index (χ3n) is 4.46. The summed E-state index contributed by atoms with van der Waals surface area (Å²) in [6.07, 6.45) is 1.17. The van der Waals surface area contributed by atoms with Crippen molar-refractivity contribution in [1.82, 2.24) is 20.8 Å². The summed E-state index contributed by atoms with van der Waals surface area (Å²) < 4.78 is 5.33. The predicted octanol–water partition coefficient (Wildman–Crippen LogP) is 1.14.